The first-order valence-electron chi connectivity index (χ1n) is 3.18. The number of Topliss-reactive ketones (excluding diaryl/α,β-unsaturated/α-hetero) is 1. The van der Waals surface area contributed by atoms with Crippen LogP contribution in [-0.4, -0.2) is 57.4 Å². The Morgan fingerprint density at radius 2 is 1.83 bits per heavy atom. The van der Waals surface area contributed by atoms with E-state index in [0.29, 0.717) is 0 Å². The zero-order chi connectivity index (χ0) is 9.72. The third-order valence-corrected chi connectivity index (χ3v) is 1.26. The lowest BCUT2D eigenvalue weighted by Gasteiger charge is -2.13. The van der Waals surface area contributed by atoms with Crippen LogP contribution in [0.2, 0.25) is 0 Å². The lowest BCUT2D eigenvalue weighted by atomic mass is 10.1. The van der Waals surface area contributed by atoms with E-state index in [9.17, 15) is 9.59 Å². The number of hydrogen-bond acceptors (Lipinski definition) is 6. The van der Waals surface area contributed by atoms with Gasteiger partial charge in [0.1, 0.15) is 18.3 Å². The average Bonchev–Trinajstić information content (AvgIpc) is 2.12. The van der Waals surface area contributed by atoms with E-state index in [1.807, 2.05) is 0 Å². The van der Waals surface area contributed by atoms with Gasteiger partial charge in [-0.1, -0.05) is 0 Å². The minimum Gasteiger partial charge on any atom is -0.393 e. The van der Waals surface area contributed by atoms with Gasteiger partial charge in [-0.3, -0.25) is 4.79 Å². The quantitative estimate of drug-likeness (QED) is 0.330. The van der Waals surface area contributed by atoms with Crippen molar-refractivity contribution in [1.29, 1.82) is 0 Å². The van der Waals surface area contributed by atoms with Crippen LogP contribution in [0.3, 0.4) is 0 Å². The molecule has 12 heavy (non-hydrogen) atoms. The molecule has 3 atom stereocenters. The van der Waals surface area contributed by atoms with Crippen molar-refractivity contribution in [2.45, 2.75) is 18.3 Å². The Kier molecular flexibility index (Phi) is 4.60. The Bertz CT molecular complexity index is 167. The molecule has 6 nitrogen and oxygen atoms in total. The van der Waals surface area contributed by atoms with Crippen LogP contribution in [0.5, 0.6) is 0 Å². The number of carbonyl (C=O) groups excluding carboxylic acids is 2. The van der Waals surface area contributed by atoms with E-state index < -0.39 is 30.7 Å². The molecule has 6 heteroatoms. The van der Waals surface area contributed by atoms with Crippen molar-refractivity contribution in [3.63, 3.8) is 0 Å². The molecule has 0 aliphatic carbocycles. The van der Waals surface area contributed by atoms with Crippen LogP contribution in [-0.2, 0) is 9.59 Å². The van der Waals surface area contributed by atoms with Gasteiger partial charge in [-0.25, -0.2) is 0 Å². The lowest BCUT2D eigenvalue weighted by molar-refractivity contribution is -0.146. The summed E-state index contributed by atoms with van der Waals surface area (Å²) in [6.07, 6.45) is -5.65. The van der Waals surface area contributed by atoms with E-state index in [4.69, 9.17) is 20.4 Å². The third kappa shape index (κ3) is 2.67. The highest BCUT2D eigenvalue weighted by Gasteiger charge is 2.28. The van der Waals surface area contributed by atoms with E-state index in [0.717, 1.165) is 0 Å². The molecule has 0 spiro atoms. The van der Waals surface area contributed by atoms with Crippen LogP contribution >= 0.6 is 0 Å². The molecule has 0 bridgehead atoms. The molecule has 0 fully saturated rings. The minimum atomic E-state index is -1.98. The Hall–Kier alpha value is -0.820. The molecular formula is C6H10O6. The normalized spacial score (nSPS) is 18.0. The van der Waals surface area contributed by atoms with Crippen molar-refractivity contribution in [1.82, 2.24) is 0 Å². The average molecular weight is 178 g/mol. The molecule has 0 saturated heterocycles. The summed E-state index contributed by atoms with van der Waals surface area (Å²) in [7, 11) is 0. The van der Waals surface area contributed by atoms with Crippen LogP contribution in [0.4, 0.5) is 0 Å². The molecule has 0 aromatic rings. The van der Waals surface area contributed by atoms with Gasteiger partial charge >= 0.3 is 0 Å². The molecule has 0 aromatic heterocycles. The van der Waals surface area contributed by atoms with Gasteiger partial charge in [-0.05, 0) is 0 Å². The molecular weight excluding hydrogens is 168 g/mol. The van der Waals surface area contributed by atoms with Gasteiger partial charge in [0, 0.05) is 0 Å². The predicted molar refractivity (Wildman–Crippen MR) is 36.2 cm³/mol. The largest absolute Gasteiger partial charge is 0.393 e. The van der Waals surface area contributed by atoms with Crippen molar-refractivity contribution in [2.24, 2.45) is 0 Å². The molecule has 0 radical (unpaired) electrons. The predicted octanol–water partition coefficient (Wildman–Crippen LogP) is -3.17. The van der Waals surface area contributed by atoms with Crippen LogP contribution in [0.15, 0.2) is 0 Å². The number of aliphatic hydroxyl groups excluding tert-OH is 4. The van der Waals surface area contributed by atoms with E-state index in [1.54, 1.807) is 0 Å². The monoisotopic (exact) mass is 178 g/mol. The maximum atomic E-state index is 10.7. The van der Waals surface area contributed by atoms with E-state index >= 15 is 0 Å². The minimum absolute atomic E-state index is 0.0351. The molecule has 0 aliphatic heterocycles. The highest BCUT2D eigenvalue weighted by Crippen LogP contribution is 1.96. The fraction of sp³-hybridized carbons (Fsp3) is 0.667. The summed E-state index contributed by atoms with van der Waals surface area (Å²) in [5, 5.41) is 34.3. The molecule has 0 heterocycles. The second-order valence-electron chi connectivity index (χ2n) is 2.17. The van der Waals surface area contributed by atoms with Gasteiger partial charge in [-0.15, -0.1) is 0 Å². The zero-order valence-electron chi connectivity index (χ0n) is 6.12. The van der Waals surface area contributed by atoms with Crippen molar-refractivity contribution < 1.29 is 30.0 Å². The summed E-state index contributed by atoms with van der Waals surface area (Å²) < 4.78 is 0. The van der Waals surface area contributed by atoms with Gasteiger partial charge in [0.15, 0.2) is 12.1 Å². The fourth-order valence-corrected chi connectivity index (χ4v) is 0.530. The maximum Gasteiger partial charge on any atom is 0.195 e. The van der Waals surface area contributed by atoms with E-state index in [-0.39, 0.29) is 6.29 Å². The first-order chi connectivity index (χ1) is 5.54. The van der Waals surface area contributed by atoms with Crippen molar-refractivity contribution in [3.05, 3.63) is 0 Å². The van der Waals surface area contributed by atoms with Crippen LogP contribution in [0.25, 0.3) is 0 Å². The number of carbonyl (C=O) groups is 2. The van der Waals surface area contributed by atoms with Gasteiger partial charge < -0.3 is 25.2 Å². The Morgan fingerprint density at radius 1 is 1.33 bits per heavy atom. The highest BCUT2D eigenvalue weighted by molar-refractivity contribution is 5.90. The Morgan fingerprint density at radius 3 is 2.17 bits per heavy atom. The van der Waals surface area contributed by atoms with Crippen molar-refractivity contribution >= 4 is 12.1 Å². The summed E-state index contributed by atoms with van der Waals surface area (Å²) in [6.45, 7) is -0.860. The summed E-state index contributed by atoms with van der Waals surface area (Å²) >= 11 is 0. The number of ketones is 1. The molecule has 0 saturated carbocycles. The molecule has 4 N–H and O–H groups in total. The third-order valence-electron chi connectivity index (χ3n) is 1.26. The van der Waals surface area contributed by atoms with E-state index in [1.165, 1.54) is 0 Å². The molecule has 70 valence electrons. The molecule has 0 aliphatic rings. The summed E-state index contributed by atoms with van der Waals surface area (Å²) in [5.41, 5.74) is 0. The summed E-state index contributed by atoms with van der Waals surface area (Å²) in [6, 6.07) is 0. The summed E-state index contributed by atoms with van der Waals surface area (Å²) in [4.78, 5) is 20.6. The lowest BCUT2D eigenvalue weighted by Crippen LogP contribution is -2.42. The molecule has 0 aromatic carbocycles. The topological polar surface area (TPSA) is 115 Å². The Labute approximate surface area is 68.1 Å². The van der Waals surface area contributed by atoms with Gasteiger partial charge in [0.05, 0.1) is 6.61 Å². The van der Waals surface area contributed by atoms with Crippen LogP contribution in [0, 0.1) is 0 Å². The second kappa shape index (κ2) is 4.94. The standard InChI is InChI=1S/C6H10O6/c7-1-3(9)5(11)6(12)4(10)2-8/h1,3-5,8-11H,2H2. The Balaban J connectivity index is 4.18. The number of aldehydes is 1. The SMILES string of the molecule is O=CC(O)C(O)C(=O)C(O)CO. The van der Waals surface area contributed by atoms with Crippen LogP contribution in [0.1, 0.15) is 0 Å². The fourth-order valence-electron chi connectivity index (χ4n) is 0.530. The maximum absolute atomic E-state index is 10.7. The molecule has 0 amide bonds. The zero-order valence-corrected chi connectivity index (χ0v) is 6.12. The van der Waals surface area contributed by atoms with E-state index in [2.05, 4.69) is 0 Å². The molecule has 3 unspecified atom stereocenters. The van der Waals surface area contributed by atoms with Crippen LogP contribution < -0.4 is 0 Å². The van der Waals surface area contributed by atoms with Gasteiger partial charge in [0.2, 0.25) is 0 Å². The van der Waals surface area contributed by atoms with Gasteiger partial charge in [0.25, 0.3) is 0 Å². The number of hydrogen-bond donors (Lipinski definition) is 4. The summed E-state index contributed by atoms with van der Waals surface area (Å²) in [5.74, 6) is -1.18. The second-order valence-corrected chi connectivity index (χ2v) is 2.17. The van der Waals surface area contributed by atoms with Gasteiger partial charge in [-0.2, -0.15) is 0 Å². The van der Waals surface area contributed by atoms with Crippen molar-refractivity contribution in [2.75, 3.05) is 6.61 Å². The van der Waals surface area contributed by atoms with Crippen molar-refractivity contribution in [3.8, 4) is 0 Å². The molecule has 0 rings (SSSR count). The number of aliphatic hydroxyl groups is 4. The first-order valence-corrected chi connectivity index (χ1v) is 3.18. The first kappa shape index (κ1) is 11.2. The number of rotatable bonds is 5. The smallest absolute Gasteiger partial charge is 0.195 e. The highest BCUT2D eigenvalue weighted by atomic mass is 16.4.